The number of benzene rings is 1. The third-order valence-corrected chi connectivity index (χ3v) is 2.09. The van der Waals surface area contributed by atoms with Crippen LogP contribution in [0.25, 0.3) is 0 Å². The first-order valence-electron chi connectivity index (χ1n) is 4.66. The van der Waals surface area contributed by atoms with Gasteiger partial charge in [-0.25, -0.2) is 4.79 Å². The number of carbonyl (C=O) groups excluding carboxylic acids is 1. The Balaban J connectivity index is 2.47. The molecule has 0 spiro atoms. The SMILES string of the molecule is C=C(C)CCOC(=O)c1ccc(Cl)cc1. The van der Waals surface area contributed by atoms with E-state index < -0.39 is 0 Å². The summed E-state index contributed by atoms with van der Waals surface area (Å²) in [4.78, 5) is 11.4. The molecule has 0 aliphatic rings. The van der Waals surface area contributed by atoms with E-state index >= 15 is 0 Å². The van der Waals surface area contributed by atoms with E-state index in [-0.39, 0.29) is 5.97 Å². The normalized spacial score (nSPS) is 9.73. The summed E-state index contributed by atoms with van der Waals surface area (Å²) < 4.78 is 5.04. The molecule has 0 aromatic heterocycles. The van der Waals surface area contributed by atoms with E-state index in [0.29, 0.717) is 23.6 Å². The summed E-state index contributed by atoms with van der Waals surface area (Å²) in [7, 11) is 0. The fourth-order valence-electron chi connectivity index (χ4n) is 0.987. The van der Waals surface area contributed by atoms with E-state index in [0.717, 1.165) is 5.57 Å². The van der Waals surface area contributed by atoms with Gasteiger partial charge in [0.2, 0.25) is 0 Å². The lowest BCUT2D eigenvalue weighted by Gasteiger charge is -2.04. The first-order valence-corrected chi connectivity index (χ1v) is 5.04. The molecule has 1 rings (SSSR count). The Labute approximate surface area is 94.5 Å². The van der Waals surface area contributed by atoms with E-state index in [1.807, 2.05) is 6.92 Å². The van der Waals surface area contributed by atoms with Crippen LogP contribution in [0.4, 0.5) is 0 Å². The average molecular weight is 225 g/mol. The van der Waals surface area contributed by atoms with Gasteiger partial charge in [0.25, 0.3) is 0 Å². The molecule has 2 nitrogen and oxygen atoms in total. The van der Waals surface area contributed by atoms with Gasteiger partial charge >= 0.3 is 5.97 Å². The summed E-state index contributed by atoms with van der Waals surface area (Å²) in [5.74, 6) is -0.326. The molecule has 1 aromatic carbocycles. The molecule has 1 aromatic rings. The van der Waals surface area contributed by atoms with Crippen LogP contribution in [-0.2, 0) is 4.74 Å². The summed E-state index contributed by atoms with van der Waals surface area (Å²) in [5.41, 5.74) is 1.51. The van der Waals surface area contributed by atoms with Crippen molar-refractivity contribution >= 4 is 17.6 Å². The van der Waals surface area contributed by atoms with E-state index in [9.17, 15) is 4.79 Å². The van der Waals surface area contributed by atoms with Gasteiger partial charge in [0.05, 0.1) is 12.2 Å². The number of esters is 1. The Bertz CT molecular complexity index is 354. The molecule has 0 atom stereocenters. The zero-order chi connectivity index (χ0) is 11.3. The van der Waals surface area contributed by atoms with Crippen molar-refractivity contribution in [1.29, 1.82) is 0 Å². The lowest BCUT2D eigenvalue weighted by Crippen LogP contribution is -2.06. The molecule has 0 saturated carbocycles. The summed E-state index contributed by atoms with van der Waals surface area (Å²) >= 11 is 5.70. The molecule has 0 N–H and O–H groups in total. The predicted molar refractivity (Wildman–Crippen MR) is 61.2 cm³/mol. The molecule has 0 bridgehead atoms. The van der Waals surface area contributed by atoms with E-state index in [1.54, 1.807) is 24.3 Å². The minimum Gasteiger partial charge on any atom is -0.462 e. The van der Waals surface area contributed by atoms with Crippen molar-refractivity contribution in [3.8, 4) is 0 Å². The Morgan fingerprint density at radius 2 is 2.00 bits per heavy atom. The first-order chi connectivity index (χ1) is 7.09. The zero-order valence-electron chi connectivity index (χ0n) is 8.63. The Morgan fingerprint density at radius 3 is 2.53 bits per heavy atom. The largest absolute Gasteiger partial charge is 0.462 e. The Morgan fingerprint density at radius 1 is 1.40 bits per heavy atom. The molecule has 0 fully saturated rings. The van der Waals surface area contributed by atoms with Gasteiger partial charge < -0.3 is 4.74 Å². The second-order valence-electron chi connectivity index (χ2n) is 3.35. The monoisotopic (exact) mass is 224 g/mol. The van der Waals surface area contributed by atoms with E-state index in [2.05, 4.69) is 6.58 Å². The Kier molecular flexibility index (Phi) is 4.37. The van der Waals surface area contributed by atoms with Crippen molar-refractivity contribution in [2.45, 2.75) is 13.3 Å². The standard InChI is InChI=1S/C12H13ClO2/c1-9(2)7-8-15-12(14)10-3-5-11(13)6-4-10/h3-6H,1,7-8H2,2H3. The number of rotatable bonds is 4. The summed E-state index contributed by atoms with van der Waals surface area (Å²) in [6, 6.07) is 6.62. The predicted octanol–water partition coefficient (Wildman–Crippen LogP) is 3.46. The highest BCUT2D eigenvalue weighted by Crippen LogP contribution is 2.10. The number of halogens is 1. The topological polar surface area (TPSA) is 26.3 Å². The van der Waals surface area contributed by atoms with Gasteiger partial charge in [-0.15, -0.1) is 6.58 Å². The Hall–Kier alpha value is -1.28. The number of hydrogen-bond acceptors (Lipinski definition) is 2. The molecule has 0 amide bonds. The van der Waals surface area contributed by atoms with E-state index in [4.69, 9.17) is 16.3 Å². The van der Waals surface area contributed by atoms with Crippen molar-refractivity contribution in [2.75, 3.05) is 6.61 Å². The van der Waals surface area contributed by atoms with Gasteiger partial charge in [-0.05, 0) is 31.2 Å². The van der Waals surface area contributed by atoms with Gasteiger partial charge in [0, 0.05) is 11.4 Å². The summed E-state index contributed by atoms with van der Waals surface area (Å²) in [5, 5.41) is 0.605. The fraction of sp³-hybridized carbons (Fsp3) is 0.250. The quantitative estimate of drug-likeness (QED) is 0.578. The van der Waals surface area contributed by atoms with Crippen molar-refractivity contribution in [3.63, 3.8) is 0 Å². The maximum Gasteiger partial charge on any atom is 0.338 e. The first kappa shape index (κ1) is 11.8. The van der Waals surface area contributed by atoms with Crippen molar-refractivity contribution in [1.82, 2.24) is 0 Å². The molecule has 0 saturated heterocycles. The van der Waals surface area contributed by atoms with Crippen LogP contribution in [0.2, 0.25) is 5.02 Å². The maximum atomic E-state index is 11.4. The minimum atomic E-state index is -0.326. The van der Waals surface area contributed by atoms with Crippen LogP contribution in [0, 0.1) is 0 Å². The lowest BCUT2D eigenvalue weighted by molar-refractivity contribution is 0.0509. The average Bonchev–Trinajstić information content (AvgIpc) is 2.18. The lowest BCUT2D eigenvalue weighted by atomic mass is 10.2. The highest BCUT2D eigenvalue weighted by molar-refractivity contribution is 6.30. The van der Waals surface area contributed by atoms with Crippen molar-refractivity contribution in [3.05, 3.63) is 47.0 Å². The molecular weight excluding hydrogens is 212 g/mol. The third-order valence-electron chi connectivity index (χ3n) is 1.84. The minimum absolute atomic E-state index is 0.326. The molecule has 0 aliphatic heterocycles. The van der Waals surface area contributed by atoms with Gasteiger partial charge in [0.15, 0.2) is 0 Å². The van der Waals surface area contributed by atoms with Crippen LogP contribution < -0.4 is 0 Å². The van der Waals surface area contributed by atoms with Crippen molar-refractivity contribution in [2.24, 2.45) is 0 Å². The molecule has 0 radical (unpaired) electrons. The summed E-state index contributed by atoms with van der Waals surface area (Å²) in [6.45, 7) is 6.00. The molecule has 3 heteroatoms. The van der Waals surface area contributed by atoms with Gasteiger partial charge in [-0.2, -0.15) is 0 Å². The van der Waals surface area contributed by atoms with Gasteiger partial charge in [0.1, 0.15) is 0 Å². The molecule has 0 unspecified atom stereocenters. The number of carbonyl (C=O) groups is 1. The van der Waals surface area contributed by atoms with Gasteiger partial charge in [-0.1, -0.05) is 17.2 Å². The zero-order valence-corrected chi connectivity index (χ0v) is 9.38. The maximum absolute atomic E-state index is 11.4. The van der Waals surface area contributed by atoms with Crippen LogP contribution >= 0.6 is 11.6 Å². The second-order valence-corrected chi connectivity index (χ2v) is 3.79. The molecule has 15 heavy (non-hydrogen) atoms. The van der Waals surface area contributed by atoms with Crippen molar-refractivity contribution < 1.29 is 9.53 Å². The fourth-order valence-corrected chi connectivity index (χ4v) is 1.11. The smallest absolute Gasteiger partial charge is 0.338 e. The van der Waals surface area contributed by atoms with Gasteiger partial charge in [-0.3, -0.25) is 0 Å². The highest BCUT2D eigenvalue weighted by atomic mass is 35.5. The molecule has 0 heterocycles. The van der Waals surface area contributed by atoms with Crippen LogP contribution in [0.1, 0.15) is 23.7 Å². The van der Waals surface area contributed by atoms with Crippen LogP contribution in [-0.4, -0.2) is 12.6 Å². The number of ether oxygens (including phenoxy) is 1. The molecule has 0 aliphatic carbocycles. The van der Waals surface area contributed by atoms with Crippen LogP contribution in [0.15, 0.2) is 36.4 Å². The van der Waals surface area contributed by atoms with Crippen LogP contribution in [0.5, 0.6) is 0 Å². The second kappa shape index (κ2) is 5.56. The van der Waals surface area contributed by atoms with Crippen LogP contribution in [0.3, 0.4) is 0 Å². The van der Waals surface area contributed by atoms with E-state index in [1.165, 1.54) is 0 Å². The summed E-state index contributed by atoms with van der Waals surface area (Å²) in [6.07, 6.45) is 0.694. The molecular formula is C12H13ClO2. The number of hydrogen-bond donors (Lipinski definition) is 0. The third kappa shape index (κ3) is 4.17. The molecule has 80 valence electrons. The highest BCUT2D eigenvalue weighted by Gasteiger charge is 2.05.